The highest BCUT2D eigenvalue weighted by molar-refractivity contribution is 7.09. The molecule has 0 aliphatic rings. The van der Waals surface area contributed by atoms with E-state index < -0.39 is 0 Å². The molecule has 4 aromatic rings. The zero-order chi connectivity index (χ0) is 22.2. The van der Waals surface area contributed by atoms with E-state index in [0.29, 0.717) is 23.5 Å². The number of carbonyl (C=O) groups excluding carboxylic acids is 2. The lowest BCUT2D eigenvalue weighted by molar-refractivity contribution is -0.115. The van der Waals surface area contributed by atoms with Gasteiger partial charge in [-0.1, -0.05) is 30.3 Å². The quantitative estimate of drug-likeness (QED) is 0.376. The largest absolute Gasteiger partial charge is 0.326 e. The third-order valence-electron chi connectivity index (χ3n) is 4.44. The van der Waals surface area contributed by atoms with E-state index in [0.717, 1.165) is 16.4 Å². The topological polar surface area (TPSA) is 96.0 Å². The molecule has 0 saturated carbocycles. The van der Waals surface area contributed by atoms with Crippen LogP contribution in [0, 0.1) is 0 Å². The summed E-state index contributed by atoms with van der Waals surface area (Å²) in [5.41, 5.74) is 3.52. The first-order chi connectivity index (χ1) is 15.6. The van der Waals surface area contributed by atoms with Gasteiger partial charge in [-0.25, -0.2) is 9.78 Å². The smallest absolute Gasteiger partial charge is 0.323 e. The Morgan fingerprint density at radius 1 is 0.781 bits per heavy atom. The number of hydrogen-bond donors (Lipinski definition) is 3. The van der Waals surface area contributed by atoms with E-state index in [1.165, 1.54) is 11.3 Å². The summed E-state index contributed by atoms with van der Waals surface area (Å²) in [7, 11) is 0. The molecule has 3 amide bonds. The highest BCUT2D eigenvalue weighted by Crippen LogP contribution is 2.18. The second kappa shape index (κ2) is 10.3. The number of benzene rings is 2. The number of aromatic nitrogens is 2. The summed E-state index contributed by atoms with van der Waals surface area (Å²) in [6, 6.07) is 21.6. The maximum Gasteiger partial charge on any atom is 0.323 e. The van der Waals surface area contributed by atoms with Crippen LogP contribution in [0.3, 0.4) is 0 Å². The van der Waals surface area contributed by atoms with Crippen LogP contribution in [0.25, 0.3) is 0 Å². The normalized spacial score (nSPS) is 10.4. The predicted molar refractivity (Wildman–Crippen MR) is 127 cm³/mol. The van der Waals surface area contributed by atoms with Crippen LogP contribution in [0.2, 0.25) is 0 Å². The number of hydrogen-bond acceptors (Lipinski definition) is 5. The van der Waals surface area contributed by atoms with Crippen LogP contribution in [0.4, 0.5) is 21.9 Å². The van der Waals surface area contributed by atoms with Crippen LogP contribution in [0.1, 0.15) is 16.4 Å². The Morgan fingerprint density at radius 3 is 2.28 bits per heavy atom. The highest BCUT2D eigenvalue weighted by Gasteiger charge is 2.10. The fraction of sp³-hybridized carbons (Fsp3) is 0.0833. The number of urea groups is 1. The van der Waals surface area contributed by atoms with E-state index in [4.69, 9.17) is 0 Å². The molecule has 0 radical (unpaired) electrons. The summed E-state index contributed by atoms with van der Waals surface area (Å²) >= 11 is 1.52. The molecule has 2 heterocycles. The minimum atomic E-state index is -0.359. The number of amides is 3. The molecule has 2 aromatic carbocycles. The molecule has 3 N–H and O–H groups in total. The fourth-order valence-electron chi connectivity index (χ4n) is 3.03. The molecule has 0 saturated heterocycles. The number of carbonyl (C=O) groups is 2. The lowest BCUT2D eigenvalue weighted by atomic mass is 10.2. The molecule has 0 aliphatic carbocycles. The number of thiazole rings is 1. The zero-order valence-electron chi connectivity index (χ0n) is 17.1. The minimum Gasteiger partial charge on any atom is -0.326 e. The highest BCUT2D eigenvalue weighted by atomic mass is 32.1. The van der Waals surface area contributed by atoms with Crippen molar-refractivity contribution < 1.29 is 9.59 Å². The first kappa shape index (κ1) is 21.2. The number of rotatable bonds is 7. The summed E-state index contributed by atoms with van der Waals surface area (Å²) in [4.78, 5) is 33.5. The van der Waals surface area contributed by atoms with Crippen LogP contribution < -0.4 is 16.0 Å². The van der Waals surface area contributed by atoms with Crippen molar-refractivity contribution >= 4 is 40.3 Å². The average molecular weight is 444 g/mol. The van der Waals surface area contributed by atoms with Gasteiger partial charge in [0.1, 0.15) is 0 Å². The molecule has 2 aromatic heterocycles. The molecule has 0 atom stereocenters. The Morgan fingerprint density at radius 2 is 1.50 bits per heavy atom. The van der Waals surface area contributed by atoms with Crippen molar-refractivity contribution in [2.45, 2.75) is 12.8 Å². The third kappa shape index (κ3) is 6.23. The Hall–Kier alpha value is -4.04. The van der Waals surface area contributed by atoms with Crippen LogP contribution in [0.5, 0.6) is 0 Å². The molecule has 0 fully saturated rings. The standard InChI is InChI=1S/C24H21N5O2S/c30-22(14-21-16-32-23(27-21)15-18-9-4-5-12-25-18)26-19-10-6-11-20(13-19)29-24(31)28-17-7-2-1-3-8-17/h1-13,16H,14-15H2,(H,26,30)(H2,28,29,31). The molecule has 8 heteroatoms. The maximum atomic E-state index is 12.5. The molecule has 160 valence electrons. The molecule has 0 spiro atoms. The summed E-state index contributed by atoms with van der Waals surface area (Å²) in [6.45, 7) is 0. The van der Waals surface area contributed by atoms with E-state index in [9.17, 15) is 9.59 Å². The van der Waals surface area contributed by atoms with Gasteiger partial charge in [-0.2, -0.15) is 0 Å². The fourth-order valence-corrected chi connectivity index (χ4v) is 3.84. The van der Waals surface area contributed by atoms with Gasteiger partial charge >= 0.3 is 6.03 Å². The SMILES string of the molecule is O=C(Cc1csc(Cc2ccccn2)n1)Nc1cccc(NC(=O)Nc2ccccc2)c1. The van der Waals surface area contributed by atoms with E-state index in [2.05, 4.69) is 25.9 Å². The van der Waals surface area contributed by atoms with Crippen molar-refractivity contribution in [1.82, 2.24) is 9.97 Å². The zero-order valence-corrected chi connectivity index (χ0v) is 17.9. The van der Waals surface area contributed by atoms with Crippen LogP contribution in [-0.2, 0) is 17.6 Å². The van der Waals surface area contributed by atoms with Gasteiger partial charge in [-0.3, -0.25) is 9.78 Å². The van der Waals surface area contributed by atoms with Crippen molar-refractivity contribution in [3.63, 3.8) is 0 Å². The second-order valence-electron chi connectivity index (χ2n) is 6.98. The lowest BCUT2D eigenvalue weighted by Crippen LogP contribution is -2.19. The molecule has 0 bridgehead atoms. The van der Waals surface area contributed by atoms with Crippen molar-refractivity contribution in [3.8, 4) is 0 Å². The van der Waals surface area contributed by atoms with Crippen molar-refractivity contribution in [2.75, 3.05) is 16.0 Å². The Kier molecular flexibility index (Phi) is 6.84. The molecule has 32 heavy (non-hydrogen) atoms. The van der Waals surface area contributed by atoms with Crippen molar-refractivity contribution in [1.29, 1.82) is 0 Å². The molecular weight excluding hydrogens is 422 g/mol. The predicted octanol–water partition coefficient (Wildman–Crippen LogP) is 4.95. The first-order valence-corrected chi connectivity index (χ1v) is 10.9. The maximum absolute atomic E-state index is 12.5. The number of para-hydroxylation sites is 1. The summed E-state index contributed by atoms with van der Waals surface area (Å²) in [5, 5.41) is 11.2. The first-order valence-electron chi connectivity index (χ1n) is 10.0. The minimum absolute atomic E-state index is 0.171. The van der Waals surface area contributed by atoms with Gasteiger partial charge in [-0.05, 0) is 42.5 Å². The van der Waals surface area contributed by atoms with Crippen molar-refractivity contribution in [3.05, 3.63) is 101 Å². The van der Waals surface area contributed by atoms with Gasteiger partial charge in [0.15, 0.2) is 0 Å². The molecule has 0 aliphatic heterocycles. The summed E-state index contributed by atoms with van der Waals surface area (Å²) in [6.07, 6.45) is 2.57. The monoisotopic (exact) mass is 443 g/mol. The van der Waals surface area contributed by atoms with Crippen LogP contribution in [-0.4, -0.2) is 21.9 Å². The van der Waals surface area contributed by atoms with E-state index in [1.807, 2.05) is 41.8 Å². The average Bonchev–Trinajstić information content (AvgIpc) is 3.21. The molecular formula is C24H21N5O2S. The number of nitrogens with one attached hydrogen (secondary N) is 3. The van der Waals surface area contributed by atoms with Gasteiger partial charge in [0.25, 0.3) is 0 Å². The Bertz CT molecular complexity index is 1200. The Labute approximate surface area is 189 Å². The third-order valence-corrected chi connectivity index (χ3v) is 5.33. The summed E-state index contributed by atoms with van der Waals surface area (Å²) < 4.78 is 0. The van der Waals surface area contributed by atoms with Gasteiger partial charge in [0.05, 0.1) is 17.1 Å². The number of nitrogens with zero attached hydrogens (tertiary/aromatic N) is 2. The van der Waals surface area contributed by atoms with Crippen LogP contribution >= 0.6 is 11.3 Å². The molecule has 4 rings (SSSR count). The van der Waals surface area contributed by atoms with E-state index >= 15 is 0 Å². The number of pyridine rings is 1. The van der Waals surface area contributed by atoms with Crippen LogP contribution in [0.15, 0.2) is 84.4 Å². The van der Waals surface area contributed by atoms with E-state index in [-0.39, 0.29) is 18.4 Å². The Balaban J connectivity index is 1.30. The van der Waals surface area contributed by atoms with E-state index in [1.54, 1.807) is 42.6 Å². The second-order valence-corrected chi connectivity index (χ2v) is 7.92. The number of anilines is 3. The summed E-state index contributed by atoms with van der Waals surface area (Å²) in [5.74, 6) is -0.175. The molecule has 0 unspecified atom stereocenters. The van der Waals surface area contributed by atoms with Gasteiger partial charge in [0, 0.05) is 40.8 Å². The van der Waals surface area contributed by atoms with Gasteiger partial charge < -0.3 is 16.0 Å². The molecule has 7 nitrogen and oxygen atoms in total. The van der Waals surface area contributed by atoms with Gasteiger partial charge in [0.2, 0.25) is 5.91 Å². The lowest BCUT2D eigenvalue weighted by Gasteiger charge is -2.10. The van der Waals surface area contributed by atoms with Gasteiger partial charge in [-0.15, -0.1) is 11.3 Å². The van der Waals surface area contributed by atoms with Crippen molar-refractivity contribution in [2.24, 2.45) is 0 Å².